The van der Waals surface area contributed by atoms with E-state index in [1.807, 2.05) is 71.6 Å². The first kappa shape index (κ1) is 23.7. The number of hydrogen-bond acceptors (Lipinski definition) is 4. The van der Waals surface area contributed by atoms with Gasteiger partial charge in [0.1, 0.15) is 0 Å². The number of carboxylic acid groups (broad SMARTS) is 1. The second-order valence-electron chi connectivity index (χ2n) is 9.34. The molecule has 3 aromatic carbocycles. The summed E-state index contributed by atoms with van der Waals surface area (Å²) in [4.78, 5) is 36.0. The highest BCUT2D eigenvalue weighted by atomic mass is 16.4. The molecule has 6 heteroatoms. The molecule has 4 aromatic rings. The van der Waals surface area contributed by atoms with Crippen LogP contribution in [-0.2, 0) is 11.2 Å². The van der Waals surface area contributed by atoms with Gasteiger partial charge in [0.05, 0.1) is 22.4 Å². The minimum Gasteiger partial charge on any atom is -0.481 e. The first-order valence-corrected chi connectivity index (χ1v) is 12.5. The number of aliphatic carboxylic acids is 1. The van der Waals surface area contributed by atoms with E-state index in [0.29, 0.717) is 42.8 Å². The van der Waals surface area contributed by atoms with E-state index in [-0.39, 0.29) is 12.3 Å². The van der Waals surface area contributed by atoms with Gasteiger partial charge in [0.15, 0.2) is 0 Å². The molecular formula is C30H29N3O3. The maximum Gasteiger partial charge on any atom is 0.303 e. The van der Waals surface area contributed by atoms with Crippen molar-refractivity contribution in [2.75, 3.05) is 13.1 Å². The number of amides is 1. The van der Waals surface area contributed by atoms with Gasteiger partial charge < -0.3 is 10.0 Å². The molecule has 0 radical (unpaired) electrons. The number of aryl methyl sites for hydroxylation is 1. The van der Waals surface area contributed by atoms with Crippen LogP contribution in [0.1, 0.15) is 53.2 Å². The van der Waals surface area contributed by atoms with Crippen LogP contribution >= 0.6 is 0 Å². The fourth-order valence-electron chi connectivity index (χ4n) is 4.92. The molecule has 1 fully saturated rings. The Labute approximate surface area is 210 Å². The first-order chi connectivity index (χ1) is 17.6. The lowest BCUT2D eigenvalue weighted by Gasteiger charge is -2.17. The van der Waals surface area contributed by atoms with Crippen LogP contribution in [0.15, 0.2) is 78.9 Å². The SMILES string of the molecule is O=C(O)CCCCc1nc2cc(C(=O)N3CC[C@H](c4ccccc4)C3)ccc2nc1-c1ccccc1. The van der Waals surface area contributed by atoms with Gasteiger partial charge in [-0.25, -0.2) is 9.97 Å². The van der Waals surface area contributed by atoms with Crippen LogP contribution in [0.4, 0.5) is 0 Å². The van der Waals surface area contributed by atoms with Gasteiger partial charge in [0.25, 0.3) is 5.91 Å². The summed E-state index contributed by atoms with van der Waals surface area (Å²) in [6.45, 7) is 1.46. The van der Waals surface area contributed by atoms with Gasteiger partial charge in [-0.3, -0.25) is 9.59 Å². The zero-order valence-corrected chi connectivity index (χ0v) is 20.1. The lowest BCUT2D eigenvalue weighted by atomic mass is 9.99. The molecular weight excluding hydrogens is 450 g/mol. The van der Waals surface area contributed by atoms with Crippen molar-refractivity contribution in [2.45, 2.75) is 38.0 Å². The van der Waals surface area contributed by atoms with Gasteiger partial charge in [0.2, 0.25) is 0 Å². The van der Waals surface area contributed by atoms with Crippen molar-refractivity contribution < 1.29 is 14.7 Å². The van der Waals surface area contributed by atoms with Crippen molar-refractivity contribution in [2.24, 2.45) is 0 Å². The van der Waals surface area contributed by atoms with E-state index in [2.05, 4.69) is 12.1 Å². The molecule has 2 heterocycles. The number of carbonyl (C=O) groups is 2. The van der Waals surface area contributed by atoms with E-state index in [9.17, 15) is 9.59 Å². The predicted octanol–water partition coefficient (Wildman–Crippen LogP) is 5.72. The third-order valence-electron chi connectivity index (χ3n) is 6.83. The summed E-state index contributed by atoms with van der Waals surface area (Å²) >= 11 is 0. The average Bonchev–Trinajstić information content (AvgIpc) is 3.41. The molecule has 1 aliphatic heterocycles. The minimum absolute atomic E-state index is 0.0206. The summed E-state index contributed by atoms with van der Waals surface area (Å²) < 4.78 is 0. The smallest absolute Gasteiger partial charge is 0.303 e. The van der Waals surface area contributed by atoms with Crippen molar-refractivity contribution >= 4 is 22.9 Å². The molecule has 1 saturated heterocycles. The topological polar surface area (TPSA) is 83.4 Å². The molecule has 1 amide bonds. The summed E-state index contributed by atoms with van der Waals surface area (Å²) in [5, 5.41) is 8.97. The highest BCUT2D eigenvalue weighted by Crippen LogP contribution is 2.29. The van der Waals surface area contributed by atoms with Gasteiger partial charge in [0, 0.05) is 36.6 Å². The van der Waals surface area contributed by atoms with Crippen LogP contribution in [0, 0.1) is 0 Å². The van der Waals surface area contributed by atoms with Gasteiger partial charge in [-0.2, -0.15) is 0 Å². The van der Waals surface area contributed by atoms with Crippen LogP contribution in [-0.4, -0.2) is 44.9 Å². The average molecular weight is 480 g/mol. The quantitative estimate of drug-likeness (QED) is 0.327. The van der Waals surface area contributed by atoms with E-state index < -0.39 is 5.97 Å². The molecule has 36 heavy (non-hydrogen) atoms. The van der Waals surface area contributed by atoms with E-state index >= 15 is 0 Å². The second-order valence-corrected chi connectivity index (χ2v) is 9.34. The Kier molecular flexibility index (Phi) is 7.03. The summed E-state index contributed by atoms with van der Waals surface area (Å²) in [6, 6.07) is 25.8. The Morgan fingerprint density at radius 2 is 1.64 bits per heavy atom. The van der Waals surface area contributed by atoms with Crippen molar-refractivity contribution in [3.05, 3.63) is 95.7 Å². The number of aromatic nitrogens is 2. The molecule has 0 bridgehead atoms. The number of benzene rings is 3. The highest BCUT2D eigenvalue weighted by Gasteiger charge is 2.28. The molecule has 182 valence electrons. The van der Waals surface area contributed by atoms with E-state index in [0.717, 1.165) is 35.4 Å². The normalized spacial score (nSPS) is 15.3. The fourth-order valence-corrected chi connectivity index (χ4v) is 4.92. The molecule has 0 unspecified atom stereocenters. The fraction of sp³-hybridized carbons (Fsp3) is 0.267. The van der Waals surface area contributed by atoms with Crippen molar-refractivity contribution in [3.8, 4) is 11.3 Å². The number of unbranched alkanes of at least 4 members (excludes halogenated alkanes) is 1. The van der Waals surface area contributed by atoms with Crippen LogP contribution < -0.4 is 0 Å². The van der Waals surface area contributed by atoms with Crippen molar-refractivity contribution in [1.29, 1.82) is 0 Å². The maximum atomic E-state index is 13.3. The largest absolute Gasteiger partial charge is 0.481 e. The zero-order valence-electron chi connectivity index (χ0n) is 20.1. The number of rotatable bonds is 8. The van der Waals surface area contributed by atoms with Gasteiger partial charge in [-0.15, -0.1) is 0 Å². The van der Waals surface area contributed by atoms with Gasteiger partial charge >= 0.3 is 5.97 Å². The molecule has 0 saturated carbocycles. The van der Waals surface area contributed by atoms with E-state index in [4.69, 9.17) is 15.1 Å². The monoisotopic (exact) mass is 479 g/mol. The Bertz CT molecular complexity index is 1370. The number of carboxylic acids is 1. The maximum absolute atomic E-state index is 13.3. The molecule has 5 rings (SSSR count). The lowest BCUT2D eigenvalue weighted by molar-refractivity contribution is -0.137. The van der Waals surface area contributed by atoms with E-state index in [1.54, 1.807) is 0 Å². The number of likely N-dealkylation sites (tertiary alicyclic amines) is 1. The molecule has 1 aliphatic rings. The standard InChI is InChI=1S/C30H29N3O3/c34-28(35)14-8-7-13-26-29(22-11-5-2-6-12-22)32-25-16-15-23(19-27(25)31-26)30(36)33-18-17-24(20-33)21-9-3-1-4-10-21/h1-6,9-12,15-16,19,24H,7-8,13-14,17-18,20H2,(H,34,35)/t24-/m0/s1. The predicted molar refractivity (Wildman–Crippen MR) is 140 cm³/mol. The summed E-state index contributed by atoms with van der Waals surface area (Å²) in [7, 11) is 0. The van der Waals surface area contributed by atoms with Crippen molar-refractivity contribution in [3.63, 3.8) is 0 Å². The Balaban J connectivity index is 1.40. The summed E-state index contributed by atoms with van der Waals surface area (Å²) in [6.07, 6.45) is 3.02. The zero-order chi connectivity index (χ0) is 24.9. The Morgan fingerprint density at radius 3 is 2.39 bits per heavy atom. The van der Waals surface area contributed by atoms with E-state index in [1.165, 1.54) is 5.56 Å². The minimum atomic E-state index is -0.789. The molecule has 6 nitrogen and oxygen atoms in total. The summed E-state index contributed by atoms with van der Waals surface area (Å²) in [5.74, 6) is -0.407. The highest BCUT2D eigenvalue weighted by molar-refractivity contribution is 5.97. The van der Waals surface area contributed by atoms with Crippen LogP contribution in [0.5, 0.6) is 0 Å². The van der Waals surface area contributed by atoms with Crippen LogP contribution in [0.2, 0.25) is 0 Å². The number of carbonyl (C=O) groups excluding carboxylic acids is 1. The third kappa shape index (κ3) is 5.28. The Morgan fingerprint density at radius 1 is 0.889 bits per heavy atom. The molecule has 0 aliphatic carbocycles. The van der Waals surface area contributed by atoms with Gasteiger partial charge in [-0.1, -0.05) is 60.7 Å². The molecule has 1 atom stereocenters. The van der Waals surface area contributed by atoms with Crippen LogP contribution in [0.3, 0.4) is 0 Å². The van der Waals surface area contributed by atoms with Crippen molar-refractivity contribution in [1.82, 2.24) is 14.9 Å². The Hall–Kier alpha value is -4.06. The first-order valence-electron chi connectivity index (χ1n) is 12.5. The van der Waals surface area contributed by atoms with Gasteiger partial charge in [-0.05, 0) is 49.4 Å². The number of fused-ring (bicyclic) bond motifs is 1. The second kappa shape index (κ2) is 10.7. The van der Waals surface area contributed by atoms with Crippen LogP contribution in [0.25, 0.3) is 22.3 Å². The lowest BCUT2D eigenvalue weighted by Crippen LogP contribution is -2.28. The molecule has 1 aromatic heterocycles. The number of nitrogens with zero attached hydrogens (tertiary/aromatic N) is 3. The molecule has 0 spiro atoms. The summed E-state index contributed by atoms with van der Waals surface area (Å²) in [5.41, 5.74) is 5.94. The number of hydrogen-bond donors (Lipinski definition) is 1. The molecule has 1 N–H and O–H groups in total. The third-order valence-corrected chi connectivity index (χ3v) is 6.83.